The molecule has 4 aromatic heterocycles. The van der Waals surface area contributed by atoms with Gasteiger partial charge in [-0.2, -0.15) is 9.61 Å². The molecule has 0 spiro atoms. The number of carbonyl (C=O) groups excluding carboxylic acids is 1. The highest BCUT2D eigenvalue weighted by Gasteiger charge is 2.45. The number of H-pyrrole nitrogens is 1. The van der Waals surface area contributed by atoms with Gasteiger partial charge in [0.25, 0.3) is 5.91 Å². The van der Waals surface area contributed by atoms with E-state index in [4.69, 9.17) is 10.7 Å². The number of fused-ring (bicyclic) bond motifs is 3. The maximum absolute atomic E-state index is 15.6. The molecular weight excluding hydrogens is 485 g/mol. The van der Waals surface area contributed by atoms with Crippen LogP contribution in [0.2, 0.25) is 0 Å². The standard InChI is InChI=1S/C27H24FN9O/c28-22-23(17-10-18-7-8-19(11-17)36(18)27(38)25-31-14-32-35-25)34-26-20(13-33-37(26)24(22)29)16-6-9-21(30-12-16)15-4-2-1-3-5-15/h1-6,9,12-14,17-19H,7-8,10-11,29H2,(H,31,32,35). The molecule has 10 nitrogen and oxygen atoms in total. The quantitative estimate of drug-likeness (QED) is 0.376. The molecule has 38 heavy (non-hydrogen) atoms. The molecule has 0 saturated carbocycles. The van der Waals surface area contributed by atoms with Crippen molar-refractivity contribution in [3.8, 4) is 22.4 Å². The number of nitrogens with zero attached hydrogens (tertiary/aromatic N) is 7. The van der Waals surface area contributed by atoms with Gasteiger partial charge in [0.15, 0.2) is 17.3 Å². The number of nitrogens with two attached hydrogens (primary N) is 1. The number of hydrogen-bond acceptors (Lipinski definition) is 7. The molecule has 2 atom stereocenters. The van der Waals surface area contributed by atoms with E-state index in [0.717, 1.165) is 35.2 Å². The van der Waals surface area contributed by atoms with Crippen LogP contribution < -0.4 is 5.73 Å². The normalized spacial score (nSPS) is 20.8. The average Bonchev–Trinajstić information content (AvgIpc) is 3.69. The minimum absolute atomic E-state index is 0.0193. The van der Waals surface area contributed by atoms with Crippen LogP contribution in [0, 0.1) is 5.82 Å². The third-order valence-electron chi connectivity index (χ3n) is 7.77. The number of nitrogens with one attached hydrogen (secondary N) is 1. The summed E-state index contributed by atoms with van der Waals surface area (Å²) in [5.41, 5.74) is 10.5. The lowest BCUT2D eigenvalue weighted by atomic mass is 9.87. The van der Waals surface area contributed by atoms with E-state index in [9.17, 15) is 4.79 Å². The Hall–Kier alpha value is -4.67. The number of rotatable bonds is 4. The number of nitrogen functional groups attached to an aromatic ring is 1. The highest BCUT2D eigenvalue weighted by molar-refractivity contribution is 5.91. The summed E-state index contributed by atoms with van der Waals surface area (Å²) in [7, 11) is 0. The second-order valence-corrected chi connectivity index (χ2v) is 9.89. The van der Waals surface area contributed by atoms with E-state index < -0.39 is 5.82 Å². The van der Waals surface area contributed by atoms with Crippen LogP contribution in [0.4, 0.5) is 10.2 Å². The Morgan fingerprint density at radius 1 is 1.03 bits per heavy atom. The number of aromatic nitrogens is 7. The second kappa shape index (κ2) is 8.72. The molecule has 2 unspecified atom stereocenters. The van der Waals surface area contributed by atoms with Gasteiger partial charge in [0, 0.05) is 40.9 Å². The first kappa shape index (κ1) is 22.5. The van der Waals surface area contributed by atoms with Crippen LogP contribution in [0.15, 0.2) is 61.2 Å². The molecule has 1 amide bonds. The summed E-state index contributed by atoms with van der Waals surface area (Å²) in [4.78, 5) is 27.1. The van der Waals surface area contributed by atoms with Crippen LogP contribution in [-0.4, -0.2) is 57.7 Å². The van der Waals surface area contributed by atoms with Crippen molar-refractivity contribution in [1.82, 2.24) is 39.7 Å². The SMILES string of the molecule is Nc1c(F)c(C2CC3CCC(C2)N3C(=O)c2nnc[nH]2)nc2c(-c3ccc(-c4ccccc4)nc3)cnn12. The number of benzene rings is 1. The van der Waals surface area contributed by atoms with Crippen LogP contribution in [-0.2, 0) is 0 Å². The van der Waals surface area contributed by atoms with Crippen molar-refractivity contribution in [3.05, 3.63) is 78.5 Å². The monoisotopic (exact) mass is 509 g/mol. The topological polar surface area (TPSA) is 131 Å². The summed E-state index contributed by atoms with van der Waals surface area (Å²) in [5.74, 6) is -0.728. The molecule has 2 aliphatic heterocycles. The number of piperidine rings is 1. The van der Waals surface area contributed by atoms with Crippen molar-refractivity contribution in [2.75, 3.05) is 5.73 Å². The zero-order valence-electron chi connectivity index (χ0n) is 20.3. The summed E-state index contributed by atoms with van der Waals surface area (Å²) in [6, 6.07) is 13.8. The third-order valence-corrected chi connectivity index (χ3v) is 7.77. The van der Waals surface area contributed by atoms with Crippen molar-refractivity contribution >= 4 is 17.4 Å². The highest BCUT2D eigenvalue weighted by Crippen LogP contribution is 2.44. The Bertz CT molecular complexity index is 1620. The molecule has 11 heteroatoms. The van der Waals surface area contributed by atoms with E-state index >= 15 is 4.39 Å². The van der Waals surface area contributed by atoms with Crippen molar-refractivity contribution in [2.24, 2.45) is 0 Å². The molecule has 0 radical (unpaired) electrons. The summed E-state index contributed by atoms with van der Waals surface area (Å²) in [5, 5.41) is 11.9. The van der Waals surface area contributed by atoms with Crippen LogP contribution in [0.1, 0.15) is 47.9 Å². The van der Waals surface area contributed by atoms with Crippen molar-refractivity contribution in [2.45, 2.75) is 43.7 Å². The van der Waals surface area contributed by atoms with E-state index in [1.54, 1.807) is 12.4 Å². The molecule has 0 aliphatic carbocycles. The summed E-state index contributed by atoms with van der Waals surface area (Å²) in [6.07, 6.45) is 7.74. The molecule has 5 aromatic rings. The average molecular weight is 510 g/mol. The Labute approximate surface area is 216 Å². The van der Waals surface area contributed by atoms with E-state index in [0.29, 0.717) is 24.2 Å². The zero-order valence-corrected chi connectivity index (χ0v) is 20.3. The number of amides is 1. The van der Waals surface area contributed by atoms with Gasteiger partial charge in [-0.3, -0.25) is 9.78 Å². The molecule has 6 heterocycles. The third kappa shape index (κ3) is 3.53. The number of halogens is 1. The van der Waals surface area contributed by atoms with E-state index in [1.807, 2.05) is 47.4 Å². The van der Waals surface area contributed by atoms with Gasteiger partial charge < -0.3 is 15.6 Å². The van der Waals surface area contributed by atoms with Gasteiger partial charge in [0.2, 0.25) is 5.82 Å². The lowest BCUT2D eigenvalue weighted by Gasteiger charge is -2.38. The largest absolute Gasteiger partial charge is 0.381 e. The number of hydrogen-bond donors (Lipinski definition) is 2. The maximum Gasteiger partial charge on any atom is 0.292 e. The second-order valence-electron chi connectivity index (χ2n) is 9.89. The van der Waals surface area contributed by atoms with Crippen molar-refractivity contribution in [1.29, 1.82) is 0 Å². The van der Waals surface area contributed by atoms with Crippen LogP contribution in [0.25, 0.3) is 28.0 Å². The van der Waals surface area contributed by atoms with Gasteiger partial charge in [-0.15, -0.1) is 10.2 Å². The molecule has 2 aliphatic rings. The Morgan fingerprint density at radius 3 is 2.50 bits per heavy atom. The van der Waals surface area contributed by atoms with Gasteiger partial charge in [-0.25, -0.2) is 9.37 Å². The molecule has 3 N–H and O–H groups in total. The number of aromatic amines is 1. The van der Waals surface area contributed by atoms with E-state index in [2.05, 4.69) is 25.3 Å². The van der Waals surface area contributed by atoms with Gasteiger partial charge in [-0.1, -0.05) is 36.4 Å². The Balaban J connectivity index is 1.22. The fourth-order valence-corrected chi connectivity index (χ4v) is 5.98. The molecule has 1 aromatic carbocycles. The first-order valence-corrected chi connectivity index (χ1v) is 12.6. The number of carbonyl (C=O) groups is 1. The van der Waals surface area contributed by atoms with Gasteiger partial charge >= 0.3 is 0 Å². The minimum atomic E-state index is -0.552. The van der Waals surface area contributed by atoms with Gasteiger partial charge in [-0.05, 0) is 31.7 Å². The Kier molecular flexibility index (Phi) is 5.17. The molecule has 2 saturated heterocycles. The summed E-state index contributed by atoms with van der Waals surface area (Å²) < 4.78 is 16.9. The minimum Gasteiger partial charge on any atom is -0.381 e. The van der Waals surface area contributed by atoms with Crippen LogP contribution in [0.3, 0.4) is 0 Å². The first-order chi connectivity index (χ1) is 18.6. The molecule has 190 valence electrons. The fraction of sp³-hybridized carbons (Fsp3) is 0.259. The van der Waals surface area contributed by atoms with Crippen molar-refractivity contribution in [3.63, 3.8) is 0 Å². The lowest BCUT2D eigenvalue weighted by molar-refractivity contribution is 0.0556. The summed E-state index contributed by atoms with van der Waals surface area (Å²) in [6.45, 7) is 0. The van der Waals surface area contributed by atoms with E-state index in [1.165, 1.54) is 10.8 Å². The zero-order chi connectivity index (χ0) is 25.8. The number of pyridine rings is 1. The molecule has 2 fully saturated rings. The highest BCUT2D eigenvalue weighted by atomic mass is 19.1. The lowest BCUT2D eigenvalue weighted by Crippen LogP contribution is -2.46. The molecule has 7 rings (SSSR count). The van der Waals surface area contributed by atoms with Crippen LogP contribution >= 0.6 is 0 Å². The van der Waals surface area contributed by atoms with Crippen molar-refractivity contribution < 1.29 is 9.18 Å². The summed E-state index contributed by atoms with van der Waals surface area (Å²) >= 11 is 0. The first-order valence-electron chi connectivity index (χ1n) is 12.6. The molecule has 2 bridgehead atoms. The number of anilines is 1. The van der Waals surface area contributed by atoms with E-state index in [-0.39, 0.29) is 35.6 Å². The van der Waals surface area contributed by atoms with Gasteiger partial charge in [0.05, 0.1) is 17.6 Å². The predicted octanol–water partition coefficient (Wildman–Crippen LogP) is 3.85. The van der Waals surface area contributed by atoms with Crippen LogP contribution in [0.5, 0.6) is 0 Å². The smallest absolute Gasteiger partial charge is 0.292 e. The predicted molar refractivity (Wildman–Crippen MR) is 137 cm³/mol. The fourth-order valence-electron chi connectivity index (χ4n) is 5.98. The molecular formula is C27H24FN9O. The van der Waals surface area contributed by atoms with Gasteiger partial charge in [0.1, 0.15) is 6.33 Å². The maximum atomic E-state index is 15.6. The Morgan fingerprint density at radius 2 is 1.82 bits per heavy atom.